The highest BCUT2D eigenvalue weighted by Crippen LogP contribution is 2.12. The molecule has 0 bridgehead atoms. The van der Waals surface area contributed by atoms with E-state index in [1.807, 2.05) is 13.8 Å². The maximum atomic E-state index is 14.8. The number of nitrogens with two attached hydrogens (primary N) is 4. The van der Waals surface area contributed by atoms with Crippen molar-refractivity contribution in [1.82, 2.24) is 57.8 Å². The van der Waals surface area contributed by atoms with Crippen LogP contribution in [-0.2, 0) is 78.4 Å². The summed E-state index contributed by atoms with van der Waals surface area (Å²) in [6, 6.07) is 13.8. The minimum absolute atomic E-state index is 0.0374. The van der Waals surface area contributed by atoms with E-state index in [1.54, 1.807) is 91.0 Å². The molecule has 1 aromatic heterocycles. The molecule has 0 saturated heterocycles. The van der Waals surface area contributed by atoms with E-state index in [9.17, 15) is 57.8 Å². The molecule has 0 fully saturated rings. The topological polar surface area (TPSA) is 461 Å². The Labute approximate surface area is 491 Å². The third-order valence-electron chi connectivity index (χ3n) is 12.9. The molecule has 0 spiro atoms. The van der Waals surface area contributed by atoms with Crippen LogP contribution in [-0.4, -0.2) is 154 Å². The van der Waals surface area contributed by atoms with E-state index in [0.717, 1.165) is 0 Å². The summed E-state index contributed by atoms with van der Waals surface area (Å²) in [7, 11) is 0. The number of nitrogens with one attached hydrogen (secondary N) is 10. The Morgan fingerprint density at radius 1 is 0.529 bits per heavy atom. The molecule has 0 aliphatic heterocycles. The molecule has 19 N–H and O–H groups in total. The largest absolute Gasteiger partial charge is 0.481 e. The third-order valence-corrected chi connectivity index (χ3v) is 12.9. The average Bonchev–Trinajstić information content (AvgIpc) is 4.10. The zero-order valence-electron chi connectivity index (χ0n) is 47.8. The summed E-state index contributed by atoms with van der Waals surface area (Å²) < 4.78 is 0. The lowest BCUT2D eigenvalue weighted by Gasteiger charge is -2.28. The van der Waals surface area contributed by atoms with Gasteiger partial charge >= 0.3 is 5.97 Å². The highest BCUT2D eigenvalue weighted by molar-refractivity contribution is 5.99. The number of H-pyrrole nitrogens is 1. The molecule has 28 heteroatoms. The molecular formula is C57H78N16O12. The first-order valence-electron chi connectivity index (χ1n) is 27.5. The number of hydrogen-bond acceptors (Lipinski definition) is 14. The molecule has 85 heavy (non-hydrogen) atoms. The summed E-state index contributed by atoms with van der Waals surface area (Å²) in [6.07, 6.45) is 1.42. The van der Waals surface area contributed by atoms with Gasteiger partial charge in [0, 0.05) is 44.1 Å². The molecule has 0 radical (unpaired) electrons. The number of amides is 10. The average molecular weight is 1180 g/mol. The summed E-state index contributed by atoms with van der Waals surface area (Å²) >= 11 is 0. The van der Waals surface area contributed by atoms with Crippen LogP contribution in [0.5, 0.6) is 0 Å². The second kappa shape index (κ2) is 34.7. The van der Waals surface area contributed by atoms with Crippen molar-refractivity contribution in [3.05, 3.63) is 126 Å². The van der Waals surface area contributed by atoms with Gasteiger partial charge in [0.25, 0.3) is 0 Å². The second-order valence-corrected chi connectivity index (χ2v) is 20.7. The number of guanidine groups is 1. The summed E-state index contributed by atoms with van der Waals surface area (Å²) in [5.41, 5.74) is 24.6. The van der Waals surface area contributed by atoms with E-state index in [4.69, 9.17) is 22.9 Å². The van der Waals surface area contributed by atoms with Gasteiger partial charge in [-0.3, -0.25) is 57.7 Å². The molecule has 3 aromatic carbocycles. The lowest BCUT2D eigenvalue weighted by atomic mass is 10.0. The normalized spacial score (nSPS) is 14.1. The predicted octanol–water partition coefficient (Wildman–Crippen LogP) is -2.90. The van der Waals surface area contributed by atoms with Gasteiger partial charge in [-0.15, -0.1) is 0 Å². The summed E-state index contributed by atoms with van der Waals surface area (Å²) in [5, 5.41) is 32.7. The molecule has 9 atom stereocenters. The van der Waals surface area contributed by atoms with Gasteiger partial charge in [-0.2, -0.15) is 0 Å². The van der Waals surface area contributed by atoms with Gasteiger partial charge in [-0.05, 0) is 55.7 Å². The van der Waals surface area contributed by atoms with Crippen molar-refractivity contribution in [3.8, 4) is 0 Å². The lowest BCUT2D eigenvalue weighted by Crippen LogP contribution is -2.61. The fourth-order valence-corrected chi connectivity index (χ4v) is 8.49. The Hall–Kier alpha value is -9.73. The molecule has 0 unspecified atom stereocenters. The number of aliphatic imine (C=N–C) groups is 1. The highest BCUT2D eigenvalue weighted by atomic mass is 16.4. The van der Waals surface area contributed by atoms with Crippen LogP contribution in [0, 0.1) is 5.92 Å². The van der Waals surface area contributed by atoms with E-state index in [2.05, 4.69) is 62.8 Å². The van der Waals surface area contributed by atoms with Crippen molar-refractivity contribution >= 4 is 71.0 Å². The molecule has 1 heterocycles. The number of carboxylic acid groups (broad SMARTS) is 1. The van der Waals surface area contributed by atoms with Crippen molar-refractivity contribution < 1.29 is 57.8 Å². The van der Waals surface area contributed by atoms with Crippen molar-refractivity contribution in [1.29, 1.82) is 0 Å². The number of carbonyl (C=O) groups excluding carboxylic acids is 10. The van der Waals surface area contributed by atoms with Crippen molar-refractivity contribution in [2.75, 3.05) is 13.1 Å². The Kier molecular flexibility index (Phi) is 27.6. The number of primary amides is 1. The summed E-state index contributed by atoms with van der Waals surface area (Å²) in [5.74, 6) is -10.4. The van der Waals surface area contributed by atoms with Crippen LogP contribution in [0.3, 0.4) is 0 Å². The van der Waals surface area contributed by atoms with Gasteiger partial charge in [0.2, 0.25) is 59.1 Å². The lowest BCUT2D eigenvalue weighted by molar-refractivity contribution is -0.141. The Bertz CT molecular complexity index is 2910. The number of carboxylic acids is 1. The number of rotatable bonds is 35. The van der Waals surface area contributed by atoms with Crippen molar-refractivity contribution in [3.63, 3.8) is 0 Å². The molecule has 4 rings (SSSR count). The third kappa shape index (κ3) is 24.7. The van der Waals surface area contributed by atoms with E-state index < -0.39 is 132 Å². The maximum Gasteiger partial charge on any atom is 0.305 e. The monoisotopic (exact) mass is 1180 g/mol. The second-order valence-electron chi connectivity index (χ2n) is 20.7. The van der Waals surface area contributed by atoms with Gasteiger partial charge < -0.3 is 80.9 Å². The first kappa shape index (κ1) is 67.8. The SMILES string of the molecule is CC(C)C[C@@H](NC(=O)[C@H](C)N)C(=O)N[C@@H](C)C(=O)NCC(=O)N[C@@H](CC(=O)O)C(=O)N[C@@H](Cc1cnc[nH]1)C(=O)N[C@@H](Cc1ccccc1)C(=O)N[C@@H](Cc1ccccc1)C(=O)N[C@@H](CCCN=C(N)N)C(=O)N[C@@H](Cc1ccccc1)C(N)=O. The van der Waals surface area contributed by atoms with Crippen LogP contribution in [0.2, 0.25) is 0 Å². The predicted molar refractivity (Wildman–Crippen MR) is 311 cm³/mol. The van der Waals surface area contributed by atoms with E-state index >= 15 is 0 Å². The zero-order valence-corrected chi connectivity index (χ0v) is 47.8. The number of aromatic nitrogens is 2. The fourth-order valence-electron chi connectivity index (χ4n) is 8.49. The Balaban J connectivity index is 1.58. The number of carbonyl (C=O) groups is 11. The van der Waals surface area contributed by atoms with E-state index in [1.165, 1.54) is 26.4 Å². The smallest absolute Gasteiger partial charge is 0.305 e. The summed E-state index contributed by atoms with van der Waals surface area (Å²) in [6.45, 7) is 5.67. The van der Waals surface area contributed by atoms with Crippen LogP contribution in [0.4, 0.5) is 0 Å². The number of benzene rings is 3. The number of aliphatic carboxylic acids is 1. The van der Waals surface area contributed by atoms with Crippen molar-refractivity contribution in [2.45, 2.75) is 133 Å². The van der Waals surface area contributed by atoms with Crippen LogP contribution in [0.1, 0.15) is 75.8 Å². The van der Waals surface area contributed by atoms with E-state index in [0.29, 0.717) is 22.4 Å². The Morgan fingerprint density at radius 2 is 0.965 bits per heavy atom. The van der Waals surface area contributed by atoms with E-state index in [-0.39, 0.29) is 63.4 Å². The number of hydrogen-bond donors (Lipinski definition) is 15. The number of imidazole rings is 1. The highest BCUT2D eigenvalue weighted by Gasteiger charge is 2.35. The molecule has 10 amide bonds. The van der Waals surface area contributed by atoms with Gasteiger partial charge in [0.1, 0.15) is 48.3 Å². The fraction of sp³-hybridized carbons (Fsp3) is 0.421. The van der Waals surface area contributed by atoms with Gasteiger partial charge in [-0.25, -0.2) is 4.98 Å². The maximum absolute atomic E-state index is 14.8. The number of aromatic amines is 1. The van der Waals surface area contributed by atoms with Gasteiger partial charge in [0.15, 0.2) is 5.96 Å². The molecular weight excluding hydrogens is 1100 g/mol. The molecule has 0 aliphatic carbocycles. The van der Waals surface area contributed by atoms with Crippen LogP contribution >= 0.6 is 0 Å². The summed E-state index contributed by atoms with van der Waals surface area (Å²) in [4.78, 5) is 159. The number of nitrogens with zero attached hydrogens (tertiary/aromatic N) is 2. The van der Waals surface area contributed by atoms with Gasteiger partial charge in [0.05, 0.1) is 25.3 Å². The van der Waals surface area contributed by atoms with Crippen molar-refractivity contribution in [2.24, 2.45) is 33.8 Å². The molecule has 4 aromatic rings. The standard InChI is InChI=1S/C57H78N16O12/c1-32(2)23-41(70-49(78)33(3)58)52(81)66-34(4)50(79)64-30-46(74)67-45(28-47(75)76)56(85)73-44(27-38-29-62-31-65-38)55(84)72-43(26-37-19-12-7-13-20-37)54(83)71-42(25-36-17-10-6-11-18-36)53(82)68-39(21-14-22-63-57(60)61)51(80)69-40(48(59)77)24-35-15-8-5-9-16-35/h5-13,15-20,29,31-34,39-45H,14,21-28,30,58H2,1-4H3,(H2,59,77)(H,62,65)(H,64,79)(H,66,81)(H,67,74)(H,68,82)(H,69,80)(H,70,78)(H,71,83)(H,72,84)(H,73,85)(H,75,76)(H4,60,61,63)/t33-,34-,39-,40-,41+,42-,43-,44-,45-/m0/s1. The van der Waals surface area contributed by atoms with Crippen LogP contribution < -0.4 is 70.8 Å². The molecule has 458 valence electrons. The first-order chi connectivity index (χ1) is 40.4. The first-order valence-corrected chi connectivity index (χ1v) is 27.5. The van der Waals surface area contributed by atoms with Crippen LogP contribution in [0.25, 0.3) is 0 Å². The molecule has 0 aliphatic rings. The van der Waals surface area contributed by atoms with Crippen LogP contribution in [0.15, 0.2) is 109 Å². The zero-order chi connectivity index (χ0) is 62.6. The van der Waals surface area contributed by atoms with Gasteiger partial charge in [-0.1, -0.05) is 105 Å². The quantitative estimate of drug-likeness (QED) is 0.0125. The molecule has 0 saturated carbocycles. The molecule has 28 nitrogen and oxygen atoms in total. The minimum atomic E-state index is -1.84. The Morgan fingerprint density at radius 3 is 1.41 bits per heavy atom. The minimum Gasteiger partial charge on any atom is -0.481 e.